The number of aryl methyl sites for hydroxylation is 2. The predicted octanol–water partition coefficient (Wildman–Crippen LogP) is 4.84. The first-order valence-electron chi connectivity index (χ1n) is 10.5. The van der Waals surface area contributed by atoms with Gasteiger partial charge in [-0.05, 0) is 74.4 Å². The first kappa shape index (κ1) is 23.4. The molecule has 2 heterocycles. The number of halogens is 2. The second kappa shape index (κ2) is 9.26. The summed E-state index contributed by atoms with van der Waals surface area (Å²) in [5.74, 6) is -1.92. The second-order valence-corrected chi connectivity index (χ2v) is 8.86. The maximum Gasteiger partial charge on any atom is 0.329 e. The molecule has 1 fully saturated rings. The van der Waals surface area contributed by atoms with Crippen LogP contribution in [-0.2, 0) is 9.59 Å². The lowest BCUT2D eigenvalue weighted by molar-refractivity contribution is -0.127. The Kier molecular flexibility index (Phi) is 6.39. The monoisotopic (exact) mass is 524 g/mol. The van der Waals surface area contributed by atoms with Crippen molar-refractivity contribution in [3.05, 3.63) is 87.0 Å². The quantitative estimate of drug-likeness (QED) is 0.370. The van der Waals surface area contributed by atoms with Crippen LogP contribution in [0.4, 0.5) is 14.9 Å². The highest BCUT2D eigenvalue weighted by Gasteiger charge is 2.35. The molecule has 174 valence electrons. The molecule has 0 bridgehead atoms. The van der Waals surface area contributed by atoms with Gasteiger partial charge in [-0.15, -0.1) is 0 Å². The molecule has 0 aliphatic carbocycles. The van der Waals surface area contributed by atoms with Crippen molar-refractivity contribution in [2.24, 2.45) is 0 Å². The van der Waals surface area contributed by atoms with E-state index in [1.165, 1.54) is 18.2 Å². The molecule has 4 amide bonds. The molecule has 7 nitrogen and oxygen atoms in total. The number of aromatic nitrogens is 1. The van der Waals surface area contributed by atoms with E-state index in [0.717, 1.165) is 37.6 Å². The van der Waals surface area contributed by atoms with E-state index >= 15 is 0 Å². The van der Waals surface area contributed by atoms with Crippen molar-refractivity contribution < 1.29 is 18.8 Å². The fraction of sp³-hybridized carbons (Fsp3) is 0.160. The zero-order chi connectivity index (χ0) is 24.6. The first-order valence-corrected chi connectivity index (χ1v) is 11.3. The third-order valence-electron chi connectivity index (χ3n) is 5.58. The van der Waals surface area contributed by atoms with Crippen LogP contribution in [0.1, 0.15) is 22.5 Å². The number of hydrogen-bond donors (Lipinski definition) is 2. The molecule has 0 saturated carbocycles. The van der Waals surface area contributed by atoms with E-state index in [9.17, 15) is 18.8 Å². The van der Waals surface area contributed by atoms with Gasteiger partial charge >= 0.3 is 6.03 Å². The van der Waals surface area contributed by atoms with Gasteiger partial charge in [-0.1, -0.05) is 28.1 Å². The van der Waals surface area contributed by atoms with E-state index in [4.69, 9.17) is 0 Å². The summed E-state index contributed by atoms with van der Waals surface area (Å²) >= 11 is 3.51. The van der Waals surface area contributed by atoms with Crippen LogP contribution in [0.3, 0.4) is 0 Å². The second-order valence-electron chi connectivity index (χ2n) is 8.00. The minimum atomic E-state index is -0.711. The Hall–Kier alpha value is -3.72. The molecule has 2 N–H and O–H groups in total. The Labute approximate surface area is 204 Å². The van der Waals surface area contributed by atoms with E-state index in [0.29, 0.717) is 0 Å². The number of nitrogens with zero attached hydrogens (tertiary/aromatic N) is 2. The highest BCUT2D eigenvalue weighted by molar-refractivity contribution is 9.10. The zero-order valence-corrected chi connectivity index (χ0v) is 20.4. The fourth-order valence-electron chi connectivity index (χ4n) is 3.87. The number of para-hydroxylation sites is 1. The summed E-state index contributed by atoms with van der Waals surface area (Å²) in [7, 11) is 0. The number of anilines is 1. The third kappa shape index (κ3) is 4.51. The van der Waals surface area contributed by atoms with Gasteiger partial charge in [0.1, 0.15) is 18.1 Å². The van der Waals surface area contributed by atoms with Crippen molar-refractivity contribution in [2.45, 2.75) is 20.8 Å². The van der Waals surface area contributed by atoms with E-state index in [2.05, 4.69) is 37.2 Å². The van der Waals surface area contributed by atoms with Crippen LogP contribution in [0.2, 0.25) is 0 Å². The van der Waals surface area contributed by atoms with E-state index in [1.54, 1.807) is 12.1 Å². The smallest absolute Gasteiger partial charge is 0.322 e. The van der Waals surface area contributed by atoms with Gasteiger partial charge in [0.15, 0.2) is 0 Å². The standard InChI is InChI=1S/C25H22BrFN4O3/c1-14-10-18(8-9-19(14)26)31-15(2)11-17(16(31)3)12-22-24(33)30(25(34)29-22)13-23(32)28-21-7-5-4-6-20(21)27/h4-12H,13H2,1-3H3,(H,28,32)(H,29,34)/b22-12+. The Bertz CT molecular complexity index is 1360. The van der Waals surface area contributed by atoms with Crippen LogP contribution in [-0.4, -0.2) is 33.9 Å². The van der Waals surface area contributed by atoms with Gasteiger partial charge in [-0.25, -0.2) is 14.1 Å². The molecule has 3 aromatic rings. The van der Waals surface area contributed by atoms with Crippen molar-refractivity contribution in [2.75, 3.05) is 11.9 Å². The SMILES string of the molecule is Cc1cc(-n2c(C)cc(/C=C3/NC(=O)N(CC(=O)Nc4ccccc4F)C3=O)c2C)ccc1Br. The highest BCUT2D eigenvalue weighted by atomic mass is 79.9. The molecule has 2 aromatic carbocycles. The topological polar surface area (TPSA) is 83.4 Å². The van der Waals surface area contributed by atoms with E-state index in [1.807, 2.05) is 39.0 Å². The van der Waals surface area contributed by atoms with E-state index < -0.39 is 30.2 Å². The predicted molar refractivity (Wildman–Crippen MR) is 131 cm³/mol. The zero-order valence-electron chi connectivity index (χ0n) is 18.8. The number of amides is 4. The minimum absolute atomic E-state index is 0.0223. The summed E-state index contributed by atoms with van der Waals surface area (Å²) in [4.78, 5) is 38.3. The number of benzene rings is 2. The van der Waals surface area contributed by atoms with Crippen molar-refractivity contribution in [3.63, 3.8) is 0 Å². The normalized spacial score (nSPS) is 14.6. The fourth-order valence-corrected chi connectivity index (χ4v) is 4.11. The van der Waals surface area contributed by atoms with Crippen LogP contribution in [0, 0.1) is 26.6 Å². The molecule has 34 heavy (non-hydrogen) atoms. The van der Waals surface area contributed by atoms with Gasteiger partial charge in [-0.2, -0.15) is 0 Å². The van der Waals surface area contributed by atoms with Crippen LogP contribution >= 0.6 is 15.9 Å². The van der Waals surface area contributed by atoms with Crippen molar-refractivity contribution in [1.29, 1.82) is 0 Å². The lowest BCUT2D eigenvalue weighted by Crippen LogP contribution is -2.38. The Balaban J connectivity index is 1.55. The summed E-state index contributed by atoms with van der Waals surface area (Å²) in [5.41, 5.74) is 4.73. The van der Waals surface area contributed by atoms with Crippen LogP contribution in [0.25, 0.3) is 11.8 Å². The lowest BCUT2D eigenvalue weighted by Gasteiger charge is -2.12. The average molecular weight is 525 g/mol. The van der Waals surface area contributed by atoms with Crippen LogP contribution in [0.5, 0.6) is 0 Å². The van der Waals surface area contributed by atoms with Crippen LogP contribution in [0.15, 0.2) is 58.7 Å². The minimum Gasteiger partial charge on any atom is -0.322 e. The molecule has 0 radical (unpaired) electrons. The number of rotatable bonds is 5. The Morgan fingerprint density at radius 2 is 1.85 bits per heavy atom. The average Bonchev–Trinajstić information content (AvgIpc) is 3.21. The number of urea groups is 1. The summed E-state index contributed by atoms with van der Waals surface area (Å²) in [6.07, 6.45) is 1.60. The number of nitrogens with one attached hydrogen (secondary N) is 2. The molecule has 9 heteroatoms. The molecular formula is C25H22BrFN4O3. The van der Waals surface area contributed by atoms with E-state index in [-0.39, 0.29) is 11.4 Å². The molecule has 0 atom stereocenters. The maximum atomic E-state index is 13.8. The highest BCUT2D eigenvalue weighted by Crippen LogP contribution is 2.26. The van der Waals surface area contributed by atoms with Crippen LogP contribution < -0.4 is 10.6 Å². The molecule has 1 aromatic heterocycles. The Morgan fingerprint density at radius 3 is 2.56 bits per heavy atom. The van der Waals surface area contributed by atoms with Gasteiger partial charge < -0.3 is 15.2 Å². The molecule has 0 unspecified atom stereocenters. The van der Waals surface area contributed by atoms with Crippen molar-refractivity contribution >= 4 is 45.5 Å². The molecule has 4 rings (SSSR count). The number of hydrogen-bond acceptors (Lipinski definition) is 3. The maximum absolute atomic E-state index is 13.8. The summed E-state index contributed by atoms with van der Waals surface area (Å²) in [5, 5.41) is 4.90. The first-order chi connectivity index (χ1) is 16.2. The molecule has 1 saturated heterocycles. The molecule has 1 aliphatic rings. The molecular weight excluding hydrogens is 503 g/mol. The van der Waals surface area contributed by atoms with Gasteiger partial charge in [-0.3, -0.25) is 9.59 Å². The number of carbonyl (C=O) groups excluding carboxylic acids is 3. The summed E-state index contributed by atoms with van der Waals surface area (Å²) < 4.78 is 16.8. The number of carbonyl (C=O) groups is 3. The molecule has 0 spiro atoms. The largest absolute Gasteiger partial charge is 0.329 e. The summed E-state index contributed by atoms with van der Waals surface area (Å²) in [6.45, 7) is 5.36. The summed E-state index contributed by atoms with van der Waals surface area (Å²) in [6, 6.07) is 12.9. The number of imide groups is 1. The van der Waals surface area contributed by atoms with Crippen molar-refractivity contribution in [3.8, 4) is 5.69 Å². The molecule has 1 aliphatic heterocycles. The Morgan fingerprint density at radius 1 is 1.12 bits per heavy atom. The van der Waals surface area contributed by atoms with Crippen molar-refractivity contribution in [1.82, 2.24) is 14.8 Å². The van der Waals surface area contributed by atoms with Gasteiger partial charge in [0.25, 0.3) is 5.91 Å². The lowest BCUT2D eigenvalue weighted by atomic mass is 10.2. The van der Waals surface area contributed by atoms with Gasteiger partial charge in [0.2, 0.25) is 5.91 Å². The third-order valence-corrected chi connectivity index (χ3v) is 6.47. The van der Waals surface area contributed by atoms with Gasteiger partial charge in [0.05, 0.1) is 5.69 Å². The van der Waals surface area contributed by atoms with Gasteiger partial charge in [0, 0.05) is 21.5 Å².